The van der Waals surface area contributed by atoms with Crippen molar-refractivity contribution in [1.82, 2.24) is 0 Å². The van der Waals surface area contributed by atoms with Gasteiger partial charge in [-0.15, -0.1) is 0 Å². The van der Waals surface area contributed by atoms with Gasteiger partial charge >= 0.3 is 0 Å². The van der Waals surface area contributed by atoms with Crippen LogP contribution in [0.15, 0.2) is 94.7 Å². The molecule has 0 saturated heterocycles. The van der Waals surface area contributed by atoms with Gasteiger partial charge in [0.2, 0.25) is 9.84 Å². The molecule has 0 unspecified atom stereocenters. The van der Waals surface area contributed by atoms with Crippen molar-refractivity contribution in [2.75, 3.05) is 0 Å². The fourth-order valence-electron chi connectivity index (χ4n) is 2.50. The highest BCUT2D eigenvalue weighted by Crippen LogP contribution is 2.26. The molecule has 0 heterocycles. The highest BCUT2D eigenvalue weighted by atomic mass is 32.2. The molecule has 4 nitrogen and oxygen atoms in total. The Balaban J connectivity index is 1.93. The first-order chi connectivity index (χ1) is 13.1. The summed E-state index contributed by atoms with van der Waals surface area (Å²) >= 11 is 0. The van der Waals surface area contributed by atoms with Crippen LogP contribution in [0.25, 0.3) is 6.08 Å². The highest BCUT2D eigenvalue weighted by Gasteiger charge is 2.21. The second kappa shape index (κ2) is 8.35. The largest absolute Gasteiger partial charge is 0.488 e. The molecule has 0 radical (unpaired) electrons. The van der Waals surface area contributed by atoms with Crippen LogP contribution in [0.3, 0.4) is 0 Å². The van der Waals surface area contributed by atoms with Crippen molar-refractivity contribution in [3.05, 3.63) is 101 Å². The fourth-order valence-corrected chi connectivity index (χ4v) is 3.68. The van der Waals surface area contributed by atoms with Gasteiger partial charge in [-0.3, -0.25) is 0 Å². The zero-order valence-electron chi connectivity index (χ0n) is 14.4. The molecule has 0 aliphatic heterocycles. The maximum absolute atomic E-state index is 12.7. The van der Waals surface area contributed by atoms with Crippen LogP contribution in [0.5, 0.6) is 5.75 Å². The lowest BCUT2D eigenvalue weighted by atomic mass is 10.2. The molecule has 3 aromatic rings. The van der Waals surface area contributed by atoms with Gasteiger partial charge in [0.1, 0.15) is 23.3 Å². The maximum Gasteiger partial charge on any atom is 0.216 e. The maximum atomic E-state index is 12.7. The summed E-state index contributed by atoms with van der Waals surface area (Å²) in [6.45, 7) is 0.346. The molecule has 0 N–H and O–H groups in total. The molecule has 0 atom stereocenters. The highest BCUT2D eigenvalue weighted by molar-refractivity contribution is 7.95. The summed E-state index contributed by atoms with van der Waals surface area (Å²) in [5.74, 6) is 0.511. The van der Waals surface area contributed by atoms with E-state index in [1.165, 1.54) is 18.2 Å². The van der Waals surface area contributed by atoms with E-state index in [-0.39, 0.29) is 9.80 Å². The Morgan fingerprint density at radius 2 is 1.48 bits per heavy atom. The van der Waals surface area contributed by atoms with Crippen molar-refractivity contribution in [3.8, 4) is 11.8 Å². The Hall–Kier alpha value is -3.36. The minimum absolute atomic E-state index is 0.0838. The lowest BCUT2D eigenvalue weighted by Crippen LogP contribution is -2.03. The lowest BCUT2D eigenvalue weighted by Gasteiger charge is -2.10. The minimum atomic E-state index is -3.89. The van der Waals surface area contributed by atoms with E-state index in [2.05, 4.69) is 0 Å². The molecular formula is C22H17NO3S. The molecule has 0 aromatic heterocycles. The van der Waals surface area contributed by atoms with Crippen molar-refractivity contribution < 1.29 is 13.2 Å². The van der Waals surface area contributed by atoms with Crippen molar-refractivity contribution in [2.45, 2.75) is 11.5 Å². The molecule has 0 spiro atoms. The zero-order chi connectivity index (χ0) is 19.1. The third-order valence-corrected chi connectivity index (χ3v) is 5.58. The van der Waals surface area contributed by atoms with Crippen LogP contribution >= 0.6 is 0 Å². The first-order valence-electron chi connectivity index (χ1n) is 8.29. The van der Waals surface area contributed by atoms with Gasteiger partial charge in [0.15, 0.2) is 0 Å². The van der Waals surface area contributed by atoms with E-state index in [9.17, 15) is 13.7 Å². The summed E-state index contributed by atoms with van der Waals surface area (Å²) in [6.07, 6.45) is 1.35. The number of hydrogen-bond acceptors (Lipinski definition) is 4. The van der Waals surface area contributed by atoms with Gasteiger partial charge < -0.3 is 4.74 Å². The summed E-state index contributed by atoms with van der Waals surface area (Å²) in [7, 11) is -3.89. The van der Waals surface area contributed by atoms with Gasteiger partial charge in [0.25, 0.3) is 0 Å². The Kier molecular flexibility index (Phi) is 5.70. The Morgan fingerprint density at radius 1 is 0.889 bits per heavy atom. The van der Waals surface area contributed by atoms with Crippen LogP contribution in [-0.4, -0.2) is 8.42 Å². The normalized spacial score (nSPS) is 11.6. The van der Waals surface area contributed by atoms with E-state index in [0.717, 1.165) is 5.56 Å². The van der Waals surface area contributed by atoms with E-state index in [1.807, 2.05) is 36.4 Å². The van der Waals surface area contributed by atoms with E-state index in [0.29, 0.717) is 17.9 Å². The van der Waals surface area contributed by atoms with Crippen LogP contribution in [-0.2, 0) is 16.4 Å². The molecule has 0 saturated carbocycles. The molecule has 0 amide bonds. The number of para-hydroxylation sites is 1. The van der Waals surface area contributed by atoms with E-state index in [1.54, 1.807) is 42.5 Å². The SMILES string of the molecule is N#C/C(=C\c1ccccc1OCc1ccccc1)S(=O)(=O)c1ccccc1. The average molecular weight is 375 g/mol. The molecule has 27 heavy (non-hydrogen) atoms. The number of benzene rings is 3. The van der Waals surface area contributed by atoms with Gasteiger partial charge in [-0.2, -0.15) is 5.26 Å². The molecule has 5 heteroatoms. The van der Waals surface area contributed by atoms with Crippen LogP contribution in [0, 0.1) is 11.3 Å². The summed E-state index contributed by atoms with van der Waals surface area (Å²) < 4.78 is 31.3. The molecule has 0 aliphatic rings. The van der Waals surface area contributed by atoms with Crippen LogP contribution < -0.4 is 4.74 Å². The summed E-state index contributed by atoms with van der Waals surface area (Å²) in [4.78, 5) is -0.245. The molecule has 134 valence electrons. The predicted molar refractivity (Wildman–Crippen MR) is 104 cm³/mol. The monoisotopic (exact) mass is 375 g/mol. The predicted octanol–water partition coefficient (Wildman–Crippen LogP) is 4.60. The number of allylic oxidation sites excluding steroid dienone is 1. The van der Waals surface area contributed by atoms with E-state index < -0.39 is 9.84 Å². The summed E-state index contributed by atoms with van der Waals surface area (Å²) in [5.41, 5.74) is 1.53. The number of hydrogen-bond donors (Lipinski definition) is 0. The zero-order valence-corrected chi connectivity index (χ0v) is 15.3. The quantitative estimate of drug-likeness (QED) is 0.590. The number of ether oxygens (including phenoxy) is 1. The number of rotatable bonds is 6. The summed E-state index contributed by atoms with van der Waals surface area (Å²) in [5, 5.41) is 9.44. The summed E-state index contributed by atoms with van der Waals surface area (Å²) in [6, 6.07) is 26.4. The Bertz CT molecular complexity index is 1080. The van der Waals surface area contributed by atoms with Crippen molar-refractivity contribution >= 4 is 15.9 Å². The second-order valence-corrected chi connectivity index (χ2v) is 7.67. The number of sulfone groups is 1. The number of nitrogens with zero attached hydrogens (tertiary/aromatic N) is 1. The second-order valence-electron chi connectivity index (χ2n) is 5.75. The third kappa shape index (κ3) is 4.43. The van der Waals surface area contributed by atoms with Crippen LogP contribution in [0.4, 0.5) is 0 Å². The third-order valence-electron chi connectivity index (χ3n) is 3.90. The molecule has 0 fully saturated rings. The smallest absolute Gasteiger partial charge is 0.216 e. The molecule has 3 aromatic carbocycles. The van der Waals surface area contributed by atoms with Crippen molar-refractivity contribution in [3.63, 3.8) is 0 Å². The lowest BCUT2D eigenvalue weighted by molar-refractivity contribution is 0.305. The first kappa shape index (κ1) is 18.4. The van der Waals surface area contributed by atoms with Gasteiger partial charge in [0.05, 0.1) is 4.90 Å². The van der Waals surface area contributed by atoms with E-state index in [4.69, 9.17) is 4.74 Å². The van der Waals surface area contributed by atoms with Crippen LogP contribution in [0.2, 0.25) is 0 Å². The van der Waals surface area contributed by atoms with E-state index >= 15 is 0 Å². The topological polar surface area (TPSA) is 67.2 Å². The van der Waals surface area contributed by atoms with Crippen molar-refractivity contribution in [1.29, 1.82) is 5.26 Å². The van der Waals surface area contributed by atoms with Gasteiger partial charge in [-0.05, 0) is 29.8 Å². The molecule has 0 bridgehead atoms. The minimum Gasteiger partial charge on any atom is -0.488 e. The standard InChI is InChI=1S/C22H17NO3S/c23-16-21(27(24,25)20-12-5-2-6-13-20)15-19-11-7-8-14-22(19)26-17-18-9-3-1-4-10-18/h1-15H,17H2/b21-15+. The Labute approximate surface area is 158 Å². The average Bonchev–Trinajstić information content (AvgIpc) is 2.72. The molecule has 0 aliphatic carbocycles. The Morgan fingerprint density at radius 3 is 2.15 bits per heavy atom. The fraction of sp³-hybridized carbons (Fsp3) is 0.0455. The van der Waals surface area contributed by atoms with Crippen molar-refractivity contribution in [2.24, 2.45) is 0 Å². The van der Waals surface area contributed by atoms with Crippen LogP contribution in [0.1, 0.15) is 11.1 Å². The van der Waals surface area contributed by atoms with Gasteiger partial charge in [-0.25, -0.2) is 8.42 Å². The molecule has 3 rings (SSSR count). The number of nitriles is 1. The van der Waals surface area contributed by atoms with Gasteiger partial charge in [-0.1, -0.05) is 66.7 Å². The van der Waals surface area contributed by atoms with Gasteiger partial charge in [0, 0.05) is 5.56 Å². The first-order valence-corrected chi connectivity index (χ1v) is 9.77. The molecular weight excluding hydrogens is 358 g/mol.